The predicted molar refractivity (Wildman–Crippen MR) is 82.7 cm³/mol. The summed E-state index contributed by atoms with van der Waals surface area (Å²) in [5.41, 5.74) is 0.958. The molecule has 0 fully saturated rings. The van der Waals surface area contributed by atoms with Gasteiger partial charge in [0.1, 0.15) is 17.9 Å². The monoisotopic (exact) mass is 334 g/mol. The van der Waals surface area contributed by atoms with Gasteiger partial charge in [0.15, 0.2) is 0 Å². The van der Waals surface area contributed by atoms with Crippen LogP contribution < -0.4 is 9.46 Å². The number of hydrogen-bond acceptors (Lipinski definition) is 5. The molecule has 8 heteroatoms. The Morgan fingerprint density at radius 3 is 3.09 bits per heavy atom. The fourth-order valence-electron chi connectivity index (χ4n) is 3.14. The average molecular weight is 334 g/mol. The smallest absolute Gasteiger partial charge is 0.240 e. The molecule has 2 aromatic rings. The zero-order valence-electron chi connectivity index (χ0n) is 12.6. The second kappa shape index (κ2) is 5.61. The lowest BCUT2D eigenvalue weighted by molar-refractivity contribution is 0.356. The van der Waals surface area contributed by atoms with Gasteiger partial charge >= 0.3 is 0 Å². The van der Waals surface area contributed by atoms with Gasteiger partial charge in [-0.1, -0.05) is 0 Å². The predicted octanol–water partition coefficient (Wildman–Crippen LogP) is 0.896. The Morgan fingerprint density at radius 2 is 2.17 bits per heavy atom. The third-order valence-corrected chi connectivity index (χ3v) is 5.94. The van der Waals surface area contributed by atoms with Crippen molar-refractivity contribution in [3.8, 4) is 5.75 Å². The van der Waals surface area contributed by atoms with Gasteiger partial charge in [0.2, 0.25) is 10.0 Å². The Labute approximate surface area is 134 Å². The van der Waals surface area contributed by atoms with Gasteiger partial charge in [0.25, 0.3) is 0 Å². The molecule has 0 amide bonds. The maximum Gasteiger partial charge on any atom is 0.240 e. The van der Waals surface area contributed by atoms with E-state index in [2.05, 4.69) is 14.9 Å². The maximum atomic E-state index is 12.6. The van der Waals surface area contributed by atoms with E-state index < -0.39 is 10.0 Å². The van der Waals surface area contributed by atoms with Crippen molar-refractivity contribution in [2.45, 2.75) is 43.2 Å². The van der Waals surface area contributed by atoms with Crippen molar-refractivity contribution >= 4 is 10.0 Å². The molecule has 1 aromatic carbocycles. The van der Waals surface area contributed by atoms with Crippen molar-refractivity contribution in [2.24, 2.45) is 0 Å². The quantitative estimate of drug-likeness (QED) is 0.901. The van der Waals surface area contributed by atoms with Crippen LogP contribution in [0, 0.1) is 0 Å². The van der Waals surface area contributed by atoms with Crippen LogP contribution in [0.15, 0.2) is 29.4 Å². The van der Waals surface area contributed by atoms with E-state index in [0.717, 1.165) is 49.4 Å². The summed E-state index contributed by atoms with van der Waals surface area (Å²) in [4.78, 5) is 0.311. The molecule has 0 saturated heterocycles. The van der Waals surface area contributed by atoms with Crippen molar-refractivity contribution < 1.29 is 13.2 Å². The van der Waals surface area contributed by atoms with Crippen LogP contribution in [0.3, 0.4) is 0 Å². The molecule has 1 atom stereocenters. The Kier molecular flexibility index (Phi) is 3.57. The lowest BCUT2D eigenvalue weighted by atomic mass is 10.1. The second-order valence-electron chi connectivity index (χ2n) is 5.95. The van der Waals surface area contributed by atoms with Gasteiger partial charge in [0.05, 0.1) is 11.5 Å². The summed E-state index contributed by atoms with van der Waals surface area (Å²) in [5.74, 6) is 1.71. The molecule has 0 radical (unpaired) electrons. The summed E-state index contributed by atoms with van der Waals surface area (Å²) < 4.78 is 35.5. The number of nitrogens with zero attached hydrogens (tertiary/aromatic N) is 3. The van der Waals surface area contributed by atoms with Crippen LogP contribution in [0.5, 0.6) is 5.75 Å². The van der Waals surface area contributed by atoms with Crippen LogP contribution in [-0.2, 0) is 29.4 Å². The van der Waals surface area contributed by atoms with E-state index in [1.54, 1.807) is 24.5 Å². The van der Waals surface area contributed by atoms with Crippen LogP contribution >= 0.6 is 0 Å². The molecule has 7 nitrogen and oxygen atoms in total. The highest BCUT2D eigenvalue weighted by atomic mass is 32.2. The molecule has 122 valence electrons. The number of fused-ring (bicyclic) bond motifs is 2. The second-order valence-corrected chi connectivity index (χ2v) is 7.67. The number of hydrogen-bond donors (Lipinski definition) is 1. The minimum Gasteiger partial charge on any atom is -0.493 e. The number of aromatic nitrogens is 3. The maximum absolute atomic E-state index is 12.6. The van der Waals surface area contributed by atoms with Gasteiger partial charge in [-0.3, -0.25) is 0 Å². The molecule has 4 rings (SSSR count). The van der Waals surface area contributed by atoms with Crippen molar-refractivity contribution in [1.29, 1.82) is 0 Å². The summed E-state index contributed by atoms with van der Waals surface area (Å²) in [6.07, 6.45) is 4.65. The topological polar surface area (TPSA) is 86.1 Å². The summed E-state index contributed by atoms with van der Waals surface area (Å²) in [6.45, 7) is 1.35. The van der Waals surface area contributed by atoms with Crippen LogP contribution in [-0.4, -0.2) is 35.8 Å². The lowest BCUT2D eigenvalue weighted by Gasteiger charge is -2.16. The van der Waals surface area contributed by atoms with Crippen LogP contribution in [0.25, 0.3) is 0 Å². The van der Waals surface area contributed by atoms with Gasteiger partial charge in [-0.15, -0.1) is 10.2 Å². The summed E-state index contributed by atoms with van der Waals surface area (Å²) in [5, 5.41) is 7.96. The van der Waals surface area contributed by atoms with E-state index in [1.807, 2.05) is 4.57 Å². The Balaban J connectivity index is 1.50. The van der Waals surface area contributed by atoms with Gasteiger partial charge < -0.3 is 9.30 Å². The van der Waals surface area contributed by atoms with E-state index in [-0.39, 0.29) is 6.04 Å². The minimum atomic E-state index is -3.52. The zero-order valence-corrected chi connectivity index (χ0v) is 13.4. The third-order valence-electron chi connectivity index (χ3n) is 4.42. The van der Waals surface area contributed by atoms with E-state index >= 15 is 0 Å². The molecular weight excluding hydrogens is 316 g/mol. The standard InChI is InChI=1S/C15H18N4O3S/c20-23(21,13-2-3-14-11(9-13)6-8-22-14)18-12-1-4-15-17-16-10-19(15)7-5-12/h2-3,9-10,12,18H,1,4-8H2. The van der Waals surface area contributed by atoms with E-state index in [4.69, 9.17) is 4.74 Å². The van der Waals surface area contributed by atoms with Gasteiger partial charge in [-0.05, 0) is 36.6 Å². The average Bonchev–Trinajstić information content (AvgIpc) is 3.14. The van der Waals surface area contributed by atoms with E-state index in [0.29, 0.717) is 11.5 Å². The van der Waals surface area contributed by atoms with Crippen LogP contribution in [0.4, 0.5) is 0 Å². The molecule has 0 aliphatic carbocycles. The molecule has 1 unspecified atom stereocenters. The van der Waals surface area contributed by atoms with E-state index in [9.17, 15) is 8.42 Å². The molecule has 1 N–H and O–H groups in total. The highest BCUT2D eigenvalue weighted by Crippen LogP contribution is 2.28. The SMILES string of the molecule is O=S(=O)(NC1CCc2nncn2CC1)c1ccc2c(c1)CCO2. The first-order valence-corrected chi connectivity index (χ1v) is 9.25. The zero-order chi connectivity index (χ0) is 15.9. The first kappa shape index (κ1) is 14.6. The number of nitrogens with one attached hydrogen (secondary N) is 1. The van der Waals surface area contributed by atoms with Crippen LogP contribution in [0.2, 0.25) is 0 Å². The van der Waals surface area contributed by atoms with E-state index in [1.165, 1.54) is 0 Å². The highest BCUT2D eigenvalue weighted by Gasteiger charge is 2.24. The first-order valence-electron chi connectivity index (χ1n) is 7.76. The molecule has 0 spiro atoms. The van der Waals surface area contributed by atoms with Crippen LogP contribution in [0.1, 0.15) is 24.2 Å². The van der Waals surface area contributed by atoms with Gasteiger partial charge in [-0.25, -0.2) is 13.1 Å². The largest absolute Gasteiger partial charge is 0.493 e. The van der Waals surface area contributed by atoms with Crippen molar-refractivity contribution in [1.82, 2.24) is 19.5 Å². The molecule has 2 aliphatic rings. The number of aryl methyl sites for hydroxylation is 2. The number of ether oxygens (including phenoxy) is 1. The number of rotatable bonds is 3. The molecule has 0 saturated carbocycles. The Morgan fingerprint density at radius 1 is 1.26 bits per heavy atom. The van der Waals surface area contributed by atoms with Crippen molar-refractivity contribution in [3.05, 3.63) is 35.9 Å². The third kappa shape index (κ3) is 2.84. The molecule has 23 heavy (non-hydrogen) atoms. The molecule has 1 aromatic heterocycles. The fraction of sp³-hybridized carbons (Fsp3) is 0.467. The minimum absolute atomic E-state index is 0.0915. The highest BCUT2D eigenvalue weighted by molar-refractivity contribution is 7.89. The Hall–Kier alpha value is -1.93. The molecule has 0 bridgehead atoms. The van der Waals surface area contributed by atoms with Gasteiger partial charge in [0, 0.05) is 25.4 Å². The normalized spacial score (nSPS) is 20.4. The fourth-order valence-corrected chi connectivity index (χ4v) is 4.49. The van der Waals surface area contributed by atoms with Gasteiger partial charge in [-0.2, -0.15) is 0 Å². The summed E-state index contributed by atoms with van der Waals surface area (Å²) in [7, 11) is -3.52. The molecular formula is C15H18N4O3S. The number of benzene rings is 1. The van der Waals surface area contributed by atoms with Crippen molar-refractivity contribution in [3.63, 3.8) is 0 Å². The summed E-state index contributed by atoms with van der Waals surface area (Å²) >= 11 is 0. The Bertz CT molecular complexity index is 808. The lowest BCUT2D eigenvalue weighted by Crippen LogP contribution is -2.35. The van der Waals surface area contributed by atoms with Crippen molar-refractivity contribution in [2.75, 3.05) is 6.61 Å². The summed E-state index contributed by atoms with van der Waals surface area (Å²) in [6, 6.07) is 4.98. The molecule has 2 aliphatic heterocycles. The first-order chi connectivity index (χ1) is 11.1. The number of sulfonamides is 1. The molecule has 3 heterocycles.